The van der Waals surface area contributed by atoms with E-state index in [9.17, 15) is 0 Å². The molecule has 0 bridgehead atoms. The lowest BCUT2D eigenvalue weighted by Crippen LogP contribution is -2.12. The molecule has 0 saturated heterocycles. The molecule has 0 fully saturated rings. The van der Waals surface area contributed by atoms with Crippen LogP contribution in [0.1, 0.15) is 78.1 Å². The van der Waals surface area contributed by atoms with E-state index in [1.165, 1.54) is 51.4 Å². The molecule has 0 aliphatic heterocycles. The van der Waals surface area contributed by atoms with E-state index in [4.69, 9.17) is 69.6 Å². The quantitative estimate of drug-likeness (QED) is 0.243. The van der Waals surface area contributed by atoms with Gasteiger partial charge in [-0.05, 0) is 12.8 Å². The van der Waals surface area contributed by atoms with Crippen LogP contribution in [0.2, 0.25) is 0 Å². The molecule has 0 rings (SSSR count). The molecule has 0 unspecified atom stereocenters. The van der Waals surface area contributed by atoms with E-state index in [0.717, 1.165) is 12.8 Å². The summed E-state index contributed by atoms with van der Waals surface area (Å²) in [5, 5.41) is 0.389. The van der Waals surface area contributed by atoms with Crippen LogP contribution in [0.4, 0.5) is 0 Å². The van der Waals surface area contributed by atoms with Crippen LogP contribution < -0.4 is 0 Å². The second-order valence-electron chi connectivity index (χ2n) is 4.68. The Morgan fingerprint density at radius 1 is 0.571 bits per heavy atom. The average molecular weight is 423 g/mol. The molecule has 0 nitrogen and oxygen atoms in total. The van der Waals surface area contributed by atoms with Crippen molar-refractivity contribution in [3.05, 3.63) is 0 Å². The first-order chi connectivity index (χ1) is 9.95. The number of halogens is 6. The highest BCUT2D eigenvalue weighted by atomic mass is 35.5. The van der Waals surface area contributed by atoms with E-state index in [2.05, 4.69) is 13.8 Å². The summed E-state index contributed by atoms with van der Waals surface area (Å²) in [6.07, 6.45) is 12.0. The Bertz CT molecular complexity index is 148. The van der Waals surface area contributed by atoms with Gasteiger partial charge in [-0.15, -0.1) is 69.6 Å². The van der Waals surface area contributed by atoms with E-state index in [-0.39, 0.29) is 10.7 Å². The average Bonchev–Trinajstić information content (AvgIpc) is 2.42. The lowest BCUT2D eigenvalue weighted by atomic mass is 10.1. The Morgan fingerprint density at radius 2 is 0.857 bits per heavy atom. The second kappa shape index (κ2) is 24.0. The maximum Gasteiger partial charge on any atom is 0.118 e. The zero-order chi connectivity index (χ0) is 17.0. The fourth-order valence-electron chi connectivity index (χ4n) is 1.75. The van der Waals surface area contributed by atoms with Gasteiger partial charge < -0.3 is 0 Å². The van der Waals surface area contributed by atoms with Crippen LogP contribution in [-0.2, 0) is 0 Å². The lowest BCUT2D eigenvalue weighted by Gasteiger charge is -2.19. The summed E-state index contributed by atoms with van der Waals surface area (Å²) >= 11 is 31.6. The van der Waals surface area contributed by atoms with Crippen molar-refractivity contribution < 1.29 is 0 Å². The van der Waals surface area contributed by atoms with E-state index in [0.29, 0.717) is 0 Å². The Hall–Kier alpha value is 1.74. The number of hydrogen-bond donors (Lipinski definition) is 0. The van der Waals surface area contributed by atoms with Crippen LogP contribution in [0.15, 0.2) is 0 Å². The molecule has 0 aromatic carbocycles. The van der Waals surface area contributed by atoms with Gasteiger partial charge in [-0.2, -0.15) is 0 Å². The number of unbranched alkanes of at least 4 members (excludes halogenated alkanes) is 6. The number of alkyl halides is 6. The van der Waals surface area contributed by atoms with Gasteiger partial charge in [0.2, 0.25) is 0 Å². The molecule has 0 aliphatic carbocycles. The zero-order valence-electron chi connectivity index (χ0n) is 13.3. The third-order valence-corrected chi connectivity index (χ3v) is 3.55. The first-order valence-electron chi connectivity index (χ1n) is 7.57. The number of rotatable bonds is 10. The molecule has 6 heteroatoms. The largest absolute Gasteiger partial charge is 0.118 e. The van der Waals surface area contributed by atoms with E-state index in [1.54, 1.807) is 0 Å². The first kappa shape index (κ1) is 27.6. The summed E-state index contributed by atoms with van der Waals surface area (Å²) in [7, 11) is 0. The van der Waals surface area contributed by atoms with Crippen LogP contribution in [0.3, 0.4) is 0 Å². The second-order valence-corrected chi connectivity index (χ2v) is 7.94. The number of hydrogen-bond acceptors (Lipinski definition) is 0. The Morgan fingerprint density at radius 3 is 1.10 bits per heavy atom. The minimum Gasteiger partial charge on any atom is -0.109 e. The third-order valence-electron chi connectivity index (χ3n) is 2.79. The van der Waals surface area contributed by atoms with Crippen molar-refractivity contribution in [2.24, 2.45) is 0 Å². The molecule has 0 aliphatic rings. The summed E-state index contributed by atoms with van der Waals surface area (Å²) in [5.41, 5.74) is 0. The molecule has 21 heavy (non-hydrogen) atoms. The normalized spacial score (nSPS) is 10.3. The minimum absolute atomic E-state index is 0.194. The van der Waals surface area contributed by atoms with Crippen molar-refractivity contribution in [2.45, 2.75) is 82.4 Å². The molecule has 0 aromatic heterocycles. The summed E-state index contributed by atoms with van der Waals surface area (Å²) in [5.74, 6) is 0. The molecule has 0 amide bonds. The van der Waals surface area contributed by atoms with Crippen molar-refractivity contribution in [3.8, 4) is 0 Å². The maximum absolute atomic E-state index is 6.26. The fourth-order valence-corrected chi connectivity index (χ4v) is 2.28. The molecule has 0 atom stereocenters. The molecule has 0 N–H and O–H groups in total. The molecular weight excluding hydrogens is 393 g/mol. The lowest BCUT2D eigenvalue weighted by molar-refractivity contribution is 0.531. The van der Waals surface area contributed by atoms with Crippen LogP contribution in [0, 0.1) is 0 Å². The molecule has 132 valence electrons. The monoisotopic (exact) mass is 420 g/mol. The maximum atomic E-state index is 6.26. The smallest absolute Gasteiger partial charge is 0.109 e. The van der Waals surface area contributed by atoms with Gasteiger partial charge in [0, 0.05) is 0 Å². The highest BCUT2D eigenvalue weighted by molar-refractivity contribution is 6.48. The molecule has 0 spiro atoms. The van der Waals surface area contributed by atoms with Gasteiger partial charge in [-0.3, -0.25) is 0 Å². The Kier molecular flexibility index (Phi) is 31.5. The molecule has 0 heterocycles. The van der Waals surface area contributed by atoms with Crippen molar-refractivity contribution in [3.63, 3.8) is 0 Å². The van der Waals surface area contributed by atoms with Crippen LogP contribution in [0.25, 0.3) is 0 Å². The van der Waals surface area contributed by atoms with Gasteiger partial charge >= 0.3 is 0 Å². The van der Waals surface area contributed by atoms with E-state index < -0.39 is 4.33 Å². The van der Waals surface area contributed by atoms with Crippen molar-refractivity contribution in [1.82, 2.24) is 0 Å². The predicted octanol–water partition coefficient (Wildman–Crippen LogP) is 8.94. The van der Waals surface area contributed by atoms with Crippen LogP contribution >= 0.6 is 69.6 Å². The van der Waals surface area contributed by atoms with Crippen molar-refractivity contribution in [1.29, 1.82) is 0 Å². The van der Waals surface area contributed by atoms with E-state index >= 15 is 0 Å². The van der Waals surface area contributed by atoms with Crippen molar-refractivity contribution in [2.75, 3.05) is 10.7 Å². The van der Waals surface area contributed by atoms with Gasteiger partial charge in [0.05, 0.1) is 10.7 Å². The topological polar surface area (TPSA) is 0 Å². The third kappa shape index (κ3) is 34.2. The van der Waals surface area contributed by atoms with Crippen LogP contribution in [0.5, 0.6) is 0 Å². The first-order valence-corrected chi connectivity index (χ1v) is 10.5. The highest BCUT2D eigenvalue weighted by Crippen LogP contribution is 2.33. The summed E-state index contributed by atoms with van der Waals surface area (Å²) in [4.78, 5) is 0. The minimum atomic E-state index is -0.457. The Labute approximate surface area is 162 Å². The summed E-state index contributed by atoms with van der Waals surface area (Å²) < 4.78 is -0.457. The van der Waals surface area contributed by atoms with Gasteiger partial charge in [-0.1, -0.05) is 65.2 Å². The highest BCUT2D eigenvalue weighted by Gasteiger charge is 2.22. The van der Waals surface area contributed by atoms with E-state index in [1.807, 2.05) is 0 Å². The molecule has 0 saturated carbocycles. The SMILES string of the molecule is CCCCCCC(Cl)(Cl)CCCCCC.ClCCl.ClCCl. The summed E-state index contributed by atoms with van der Waals surface area (Å²) in [6.45, 7) is 4.44. The Balaban J connectivity index is -0.000000460. The zero-order valence-corrected chi connectivity index (χ0v) is 17.8. The molecular formula is C15H30Cl6. The summed E-state index contributed by atoms with van der Waals surface area (Å²) in [6, 6.07) is 0. The van der Waals surface area contributed by atoms with Gasteiger partial charge in [0.15, 0.2) is 0 Å². The van der Waals surface area contributed by atoms with Gasteiger partial charge in [0.1, 0.15) is 4.33 Å². The van der Waals surface area contributed by atoms with Crippen molar-refractivity contribution >= 4 is 69.6 Å². The molecule has 0 radical (unpaired) electrons. The van der Waals surface area contributed by atoms with Gasteiger partial charge in [-0.25, -0.2) is 0 Å². The predicted molar refractivity (Wildman–Crippen MR) is 105 cm³/mol. The van der Waals surface area contributed by atoms with Gasteiger partial charge in [0.25, 0.3) is 0 Å². The standard InChI is InChI=1S/C13H26Cl2.2CH2Cl2/c1-3-5-7-9-11-13(14,15)12-10-8-6-4-2;2*2-1-3/h3-12H2,1-2H3;2*1H2. The van der Waals surface area contributed by atoms with Crippen LogP contribution in [-0.4, -0.2) is 15.0 Å². The fraction of sp³-hybridized carbons (Fsp3) is 1.00. The molecule has 0 aromatic rings.